The molecule has 0 spiro atoms. The fourth-order valence-corrected chi connectivity index (χ4v) is 14.2. The van der Waals surface area contributed by atoms with Crippen molar-refractivity contribution in [3.8, 4) is 0 Å². The zero-order valence-corrected chi connectivity index (χ0v) is 67.0. The molecule has 0 aliphatic heterocycles. The van der Waals surface area contributed by atoms with Crippen LogP contribution < -0.4 is 0 Å². The Morgan fingerprint density at radius 1 is 0.240 bits per heavy atom. The molecule has 0 rings (SSSR count). The second kappa shape index (κ2) is 75.3. The van der Waals surface area contributed by atoms with Crippen molar-refractivity contribution in [2.75, 3.05) is 39.6 Å². The number of phosphoric ester groups is 2. The minimum atomic E-state index is -4.96. The van der Waals surface area contributed by atoms with Crippen molar-refractivity contribution in [1.82, 2.24) is 0 Å². The molecular weight excluding hydrogens is 1310 g/mol. The lowest BCUT2D eigenvalue weighted by molar-refractivity contribution is -0.161. The van der Waals surface area contributed by atoms with Gasteiger partial charge in [0.2, 0.25) is 0 Å². The zero-order valence-electron chi connectivity index (χ0n) is 65.2. The van der Waals surface area contributed by atoms with Crippen molar-refractivity contribution in [2.24, 2.45) is 0 Å². The third-order valence-corrected chi connectivity index (χ3v) is 21.0. The third kappa shape index (κ3) is 74.3. The minimum absolute atomic E-state index is 0.108. The minimum Gasteiger partial charge on any atom is -0.462 e. The molecular formula is C81H158O17P2. The van der Waals surface area contributed by atoms with Crippen LogP contribution in [-0.2, 0) is 65.4 Å². The first-order chi connectivity index (χ1) is 48.7. The van der Waals surface area contributed by atoms with Crippen LogP contribution >= 0.6 is 15.6 Å². The summed E-state index contributed by atoms with van der Waals surface area (Å²) in [5.74, 6) is -2.10. The van der Waals surface area contributed by atoms with Gasteiger partial charge in [0.1, 0.15) is 19.3 Å². The van der Waals surface area contributed by atoms with Crippen LogP contribution in [-0.4, -0.2) is 96.7 Å². The Balaban J connectivity index is 5.23. The van der Waals surface area contributed by atoms with E-state index in [9.17, 15) is 43.2 Å². The Hall–Kier alpha value is -1.94. The van der Waals surface area contributed by atoms with Gasteiger partial charge in [0, 0.05) is 25.7 Å². The molecule has 0 heterocycles. The number of hydrogen-bond donors (Lipinski definition) is 3. The van der Waals surface area contributed by atoms with E-state index in [2.05, 4.69) is 27.7 Å². The lowest BCUT2D eigenvalue weighted by Crippen LogP contribution is -2.30. The summed E-state index contributed by atoms with van der Waals surface area (Å²) in [7, 11) is -9.92. The molecule has 3 N–H and O–H groups in total. The molecule has 0 saturated heterocycles. The molecule has 0 radical (unpaired) electrons. The van der Waals surface area contributed by atoms with Crippen LogP contribution in [0.5, 0.6) is 0 Å². The van der Waals surface area contributed by atoms with Crippen LogP contribution in [0.25, 0.3) is 0 Å². The van der Waals surface area contributed by atoms with Crippen LogP contribution in [0.4, 0.5) is 0 Å². The van der Waals surface area contributed by atoms with Gasteiger partial charge in [-0.05, 0) is 25.7 Å². The van der Waals surface area contributed by atoms with Crippen molar-refractivity contribution in [3.63, 3.8) is 0 Å². The average Bonchev–Trinajstić information content (AvgIpc) is 0.923. The molecule has 19 heteroatoms. The predicted molar refractivity (Wildman–Crippen MR) is 409 cm³/mol. The smallest absolute Gasteiger partial charge is 0.462 e. The van der Waals surface area contributed by atoms with Gasteiger partial charge in [-0.15, -0.1) is 0 Å². The molecule has 5 atom stereocenters. The highest BCUT2D eigenvalue weighted by Crippen LogP contribution is 2.45. The molecule has 100 heavy (non-hydrogen) atoms. The van der Waals surface area contributed by atoms with E-state index >= 15 is 0 Å². The Labute approximate surface area is 613 Å². The molecule has 0 aliphatic rings. The highest BCUT2D eigenvalue weighted by Gasteiger charge is 2.30. The van der Waals surface area contributed by atoms with Crippen molar-refractivity contribution < 1.29 is 80.2 Å². The van der Waals surface area contributed by atoms with Crippen LogP contribution in [0, 0.1) is 0 Å². The van der Waals surface area contributed by atoms with E-state index < -0.39 is 97.5 Å². The second-order valence-electron chi connectivity index (χ2n) is 29.2. The van der Waals surface area contributed by atoms with Crippen molar-refractivity contribution in [1.29, 1.82) is 0 Å². The van der Waals surface area contributed by atoms with E-state index in [1.54, 1.807) is 0 Å². The largest absolute Gasteiger partial charge is 0.472 e. The Bertz CT molecular complexity index is 1890. The summed E-state index contributed by atoms with van der Waals surface area (Å²) in [5, 5.41) is 10.6. The van der Waals surface area contributed by atoms with Gasteiger partial charge in [-0.1, -0.05) is 387 Å². The van der Waals surface area contributed by atoms with Gasteiger partial charge in [-0.2, -0.15) is 0 Å². The number of phosphoric acid groups is 2. The summed E-state index contributed by atoms with van der Waals surface area (Å²) in [4.78, 5) is 73.0. The van der Waals surface area contributed by atoms with Crippen LogP contribution in [0.2, 0.25) is 0 Å². The highest BCUT2D eigenvalue weighted by molar-refractivity contribution is 7.47. The van der Waals surface area contributed by atoms with Crippen molar-refractivity contribution >= 4 is 39.5 Å². The number of aliphatic hydroxyl groups excluding tert-OH is 1. The molecule has 0 saturated carbocycles. The fraction of sp³-hybridized carbons (Fsp3) is 0.951. The van der Waals surface area contributed by atoms with Gasteiger partial charge in [0.25, 0.3) is 0 Å². The standard InChI is InChI=1S/C81H158O17P2/c1-5-9-13-17-21-25-29-33-35-37-38-40-42-44-48-52-56-60-64-68-81(86)98-77(72-92-79(84)66-62-58-54-50-47-43-41-39-36-34-30-26-22-18-14-10-6-2)74-96-100(89,90)94-70-75(82)69-93-99(87,88)95-73-76(97-80(85)67-63-59-55-51-46-32-28-24-20-16-12-8-4)71-91-78(83)65-61-57-53-49-45-31-27-23-19-15-11-7-3/h75-77,82H,5-74H2,1-4H3,(H,87,88)(H,89,90)/t75-,76+,77+/m0/s1. The predicted octanol–water partition coefficient (Wildman–Crippen LogP) is 24.6. The molecule has 0 fully saturated rings. The number of ether oxygens (including phenoxy) is 4. The Morgan fingerprint density at radius 2 is 0.400 bits per heavy atom. The summed E-state index contributed by atoms with van der Waals surface area (Å²) in [6.45, 7) is 5.03. The van der Waals surface area contributed by atoms with Crippen molar-refractivity contribution in [3.05, 3.63) is 0 Å². The lowest BCUT2D eigenvalue weighted by Gasteiger charge is -2.21. The first-order valence-electron chi connectivity index (χ1n) is 42.3. The summed E-state index contributed by atoms with van der Waals surface area (Å²) in [6, 6.07) is 0. The van der Waals surface area contributed by atoms with Crippen molar-refractivity contribution in [2.45, 2.75) is 457 Å². The molecule has 0 amide bonds. The number of carbonyl (C=O) groups is 4. The SMILES string of the molecule is CCCCCCCCCCCCCCCCCCCCCC(=O)O[C@H](COC(=O)CCCCCCCCCCCCCCCCCCC)COP(=O)(O)OC[C@@H](O)COP(=O)(O)OC[C@@H](COC(=O)CCCCCCCCCCCCCC)OC(=O)CCCCCCCCCCCCCC. The van der Waals surface area contributed by atoms with Crippen LogP contribution in [0.15, 0.2) is 0 Å². The van der Waals surface area contributed by atoms with E-state index in [0.717, 1.165) is 89.9 Å². The summed E-state index contributed by atoms with van der Waals surface area (Å²) in [5.41, 5.74) is 0. The number of rotatable bonds is 82. The van der Waals surface area contributed by atoms with Gasteiger partial charge in [0.15, 0.2) is 12.2 Å². The van der Waals surface area contributed by atoms with Gasteiger partial charge < -0.3 is 33.8 Å². The van der Waals surface area contributed by atoms with Crippen LogP contribution in [0.1, 0.15) is 439 Å². The van der Waals surface area contributed by atoms with Gasteiger partial charge in [-0.25, -0.2) is 9.13 Å². The number of carbonyl (C=O) groups excluding carboxylic acids is 4. The number of unbranched alkanes of at least 4 members (excludes halogenated alkanes) is 56. The zero-order chi connectivity index (χ0) is 73.2. The maximum Gasteiger partial charge on any atom is 0.472 e. The van der Waals surface area contributed by atoms with E-state index in [1.165, 1.54) is 270 Å². The Morgan fingerprint density at radius 3 is 0.590 bits per heavy atom. The monoisotopic (exact) mass is 1470 g/mol. The molecule has 0 aromatic carbocycles. The molecule has 17 nitrogen and oxygen atoms in total. The van der Waals surface area contributed by atoms with Crippen LogP contribution in [0.3, 0.4) is 0 Å². The molecule has 0 aromatic heterocycles. The summed E-state index contributed by atoms with van der Waals surface area (Å²) >= 11 is 0. The van der Waals surface area contributed by atoms with E-state index in [1.807, 2.05) is 0 Å². The molecule has 0 bridgehead atoms. The normalized spacial score (nSPS) is 13.8. The molecule has 0 aromatic rings. The Kier molecular flexibility index (Phi) is 73.8. The number of hydrogen-bond acceptors (Lipinski definition) is 15. The maximum absolute atomic E-state index is 13.1. The molecule has 2 unspecified atom stereocenters. The van der Waals surface area contributed by atoms with E-state index in [-0.39, 0.29) is 25.7 Å². The van der Waals surface area contributed by atoms with E-state index in [0.29, 0.717) is 25.7 Å². The molecule has 0 aliphatic carbocycles. The average molecular weight is 1470 g/mol. The number of esters is 4. The summed E-state index contributed by atoms with van der Waals surface area (Å²) < 4.78 is 68.7. The van der Waals surface area contributed by atoms with Gasteiger partial charge >= 0.3 is 39.5 Å². The maximum atomic E-state index is 13.1. The van der Waals surface area contributed by atoms with Gasteiger partial charge in [-0.3, -0.25) is 37.3 Å². The second-order valence-corrected chi connectivity index (χ2v) is 32.1. The quantitative estimate of drug-likeness (QED) is 0.0222. The van der Waals surface area contributed by atoms with E-state index in [4.69, 9.17) is 37.0 Å². The summed E-state index contributed by atoms with van der Waals surface area (Å²) in [6.07, 6.45) is 67.9. The topological polar surface area (TPSA) is 237 Å². The molecule has 594 valence electrons. The lowest BCUT2D eigenvalue weighted by atomic mass is 10.0. The first-order valence-corrected chi connectivity index (χ1v) is 45.3. The number of aliphatic hydroxyl groups is 1. The van der Waals surface area contributed by atoms with Gasteiger partial charge in [0.05, 0.1) is 26.4 Å². The first kappa shape index (κ1) is 98.1. The third-order valence-electron chi connectivity index (χ3n) is 19.1. The highest BCUT2D eigenvalue weighted by atomic mass is 31.2. The fourth-order valence-electron chi connectivity index (χ4n) is 12.6.